The third-order valence-electron chi connectivity index (χ3n) is 3.33. The highest BCUT2D eigenvalue weighted by atomic mass is 79.9. The average molecular weight is 456 g/mol. The Morgan fingerprint density at radius 1 is 0.957 bits per heavy atom. The summed E-state index contributed by atoms with van der Waals surface area (Å²) in [7, 11) is 0. The van der Waals surface area contributed by atoms with Crippen LogP contribution in [0.3, 0.4) is 0 Å². The zero-order chi connectivity index (χ0) is 16.4. The minimum absolute atomic E-state index is 0.217. The topological polar surface area (TPSA) is 49.4 Å². The predicted molar refractivity (Wildman–Crippen MR) is 99.2 cm³/mol. The number of carbonyl (C=O) groups is 2. The average Bonchev–Trinajstić information content (AvgIpc) is 2.79. The fourth-order valence-electron chi connectivity index (χ4n) is 2.15. The Labute approximate surface area is 154 Å². The number of nitrogens with one attached hydrogen (secondary N) is 1. The van der Waals surface area contributed by atoms with Crippen LogP contribution in [-0.2, 0) is 11.3 Å². The molecule has 3 rings (SSSR count). The normalized spacial score (nSPS) is 17.7. The van der Waals surface area contributed by atoms with Crippen LogP contribution in [0.5, 0.6) is 0 Å². The number of carbonyl (C=O) groups excluding carboxylic acids is 2. The van der Waals surface area contributed by atoms with Gasteiger partial charge in [0.1, 0.15) is 0 Å². The molecular formula is C16H12Br2N2O2S. The number of halogens is 2. The minimum atomic E-state index is -0.584. The first-order valence-electron chi connectivity index (χ1n) is 6.81. The molecule has 1 unspecified atom stereocenters. The van der Waals surface area contributed by atoms with Gasteiger partial charge in [-0.3, -0.25) is 14.5 Å². The number of hydrogen-bond acceptors (Lipinski definition) is 4. The molecule has 1 heterocycles. The van der Waals surface area contributed by atoms with Gasteiger partial charge in [0.25, 0.3) is 11.1 Å². The Balaban J connectivity index is 1.69. The van der Waals surface area contributed by atoms with Crippen molar-refractivity contribution in [1.82, 2.24) is 4.90 Å². The highest BCUT2D eigenvalue weighted by Crippen LogP contribution is 2.30. The summed E-state index contributed by atoms with van der Waals surface area (Å²) in [5.74, 6) is -0.217. The maximum Gasteiger partial charge on any atom is 0.291 e. The van der Waals surface area contributed by atoms with Crippen molar-refractivity contribution in [3.63, 3.8) is 0 Å². The molecule has 0 aromatic heterocycles. The summed E-state index contributed by atoms with van der Waals surface area (Å²) in [6.07, 6.45) is 0. The fraction of sp³-hybridized carbons (Fsp3) is 0.125. The first-order valence-corrected chi connectivity index (χ1v) is 9.28. The van der Waals surface area contributed by atoms with Crippen LogP contribution >= 0.6 is 43.6 Å². The molecule has 0 aliphatic carbocycles. The van der Waals surface area contributed by atoms with Gasteiger partial charge in [-0.1, -0.05) is 44.0 Å². The Morgan fingerprint density at radius 3 is 2.13 bits per heavy atom. The zero-order valence-corrected chi connectivity index (χ0v) is 15.8. The van der Waals surface area contributed by atoms with Crippen LogP contribution in [0.1, 0.15) is 5.56 Å². The van der Waals surface area contributed by atoms with E-state index in [1.54, 1.807) is 0 Å². The molecule has 2 amide bonds. The maximum atomic E-state index is 12.5. The molecule has 23 heavy (non-hydrogen) atoms. The highest BCUT2D eigenvalue weighted by molar-refractivity contribution is 9.10. The van der Waals surface area contributed by atoms with E-state index in [2.05, 4.69) is 37.2 Å². The second-order valence-corrected chi connectivity index (χ2v) is 7.85. The van der Waals surface area contributed by atoms with Crippen molar-refractivity contribution in [3.8, 4) is 0 Å². The van der Waals surface area contributed by atoms with Gasteiger partial charge in [-0.05, 0) is 53.7 Å². The van der Waals surface area contributed by atoms with Gasteiger partial charge >= 0.3 is 0 Å². The molecule has 118 valence electrons. The second-order valence-electron chi connectivity index (χ2n) is 4.97. The molecule has 1 atom stereocenters. The van der Waals surface area contributed by atoms with Crippen molar-refractivity contribution in [1.29, 1.82) is 0 Å². The number of imide groups is 1. The lowest BCUT2D eigenvalue weighted by molar-refractivity contribution is -0.126. The number of amides is 2. The third-order valence-corrected chi connectivity index (χ3v) is 5.36. The van der Waals surface area contributed by atoms with Crippen molar-refractivity contribution in [3.05, 3.63) is 63.0 Å². The van der Waals surface area contributed by atoms with Crippen molar-refractivity contribution in [2.45, 2.75) is 11.9 Å². The highest BCUT2D eigenvalue weighted by Gasteiger charge is 2.39. The van der Waals surface area contributed by atoms with Gasteiger partial charge in [0, 0.05) is 14.6 Å². The first-order chi connectivity index (χ1) is 11.0. The molecule has 0 bridgehead atoms. The van der Waals surface area contributed by atoms with E-state index in [4.69, 9.17) is 0 Å². The van der Waals surface area contributed by atoms with Crippen LogP contribution in [0.2, 0.25) is 0 Å². The Morgan fingerprint density at radius 2 is 1.52 bits per heavy atom. The summed E-state index contributed by atoms with van der Waals surface area (Å²) in [5, 5.41) is 2.28. The predicted octanol–water partition coefficient (Wildman–Crippen LogP) is 4.85. The molecule has 0 radical (unpaired) electrons. The number of rotatable bonds is 4. The lowest BCUT2D eigenvalue weighted by atomic mass is 10.2. The van der Waals surface area contributed by atoms with E-state index in [9.17, 15) is 9.59 Å². The van der Waals surface area contributed by atoms with E-state index in [0.717, 1.165) is 32.0 Å². The fourth-order valence-corrected chi connectivity index (χ4v) is 3.59. The van der Waals surface area contributed by atoms with Crippen LogP contribution in [0.4, 0.5) is 10.5 Å². The van der Waals surface area contributed by atoms with E-state index in [0.29, 0.717) is 0 Å². The van der Waals surface area contributed by atoms with Crippen LogP contribution in [-0.4, -0.2) is 21.4 Å². The van der Waals surface area contributed by atoms with E-state index in [-0.39, 0.29) is 17.7 Å². The van der Waals surface area contributed by atoms with Gasteiger partial charge in [0.15, 0.2) is 5.37 Å². The quantitative estimate of drug-likeness (QED) is 0.716. The van der Waals surface area contributed by atoms with Crippen LogP contribution in [0.25, 0.3) is 0 Å². The van der Waals surface area contributed by atoms with E-state index >= 15 is 0 Å². The molecule has 2 aromatic rings. The van der Waals surface area contributed by atoms with Crippen molar-refractivity contribution in [2.24, 2.45) is 0 Å². The maximum absolute atomic E-state index is 12.5. The van der Waals surface area contributed by atoms with Gasteiger partial charge in [-0.2, -0.15) is 0 Å². The first kappa shape index (κ1) is 16.5. The van der Waals surface area contributed by atoms with Crippen LogP contribution in [0, 0.1) is 0 Å². The molecule has 0 saturated carbocycles. The van der Waals surface area contributed by atoms with Gasteiger partial charge in [-0.25, -0.2) is 0 Å². The summed E-state index contributed by atoms with van der Waals surface area (Å²) < 4.78 is 1.92. The van der Waals surface area contributed by atoms with Gasteiger partial charge < -0.3 is 5.32 Å². The lowest BCUT2D eigenvalue weighted by Crippen LogP contribution is -2.33. The molecule has 1 aliphatic rings. The summed E-state index contributed by atoms with van der Waals surface area (Å²) in [4.78, 5) is 25.9. The molecule has 4 nitrogen and oxygen atoms in total. The molecule has 1 fully saturated rings. The Bertz CT molecular complexity index is 735. The summed E-state index contributed by atoms with van der Waals surface area (Å²) in [6.45, 7) is 0.288. The van der Waals surface area contributed by atoms with Crippen molar-refractivity contribution >= 4 is 60.5 Å². The monoisotopic (exact) mass is 454 g/mol. The number of thioether (sulfide) groups is 1. The van der Waals surface area contributed by atoms with Gasteiger partial charge in [0.2, 0.25) is 0 Å². The lowest BCUT2D eigenvalue weighted by Gasteiger charge is -2.15. The number of nitrogens with zero attached hydrogens (tertiary/aromatic N) is 1. The summed E-state index contributed by atoms with van der Waals surface area (Å²) in [5.41, 5.74) is 1.72. The van der Waals surface area contributed by atoms with E-state index in [1.165, 1.54) is 4.90 Å². The largest absolute Gasteiger partial charge is 0.365 e. The molecule has 7 heteroatoms. The van der Waals surface area contributed by atoms with Crippen LogP contribution < -0.4 is 5.32 Å². The van der Waals surface area contributed by atoms with E-state index < -0.39 is 5.37 Å². The number of anilines is 1. The number of benzene rings is 2. The molecule has 1 saturated heterocycles. The molecule has 2 aromatic carbocycles. The summed E-state index contributed by atoms with van der Waals surface area (Å²) in [6, 6.07) is 15.1. The Kier molecular flexibility index (Phi) is 5.08. The smallest absolute Gasteiger partial charge is 0.291 e. The summed E-state index contributed by atoms with van der Waals surface area (Å²) >= 11 is 7.74. The van der Waals surface area contributed by atoms with Gasteiger partial charge in [-0.15, -0.1) is 0 Å². The third kappa shape index (κ3) is 3.97. The van der Waals surface area contributed by atoms with Crippen molar-refractivity contribution in [2.75, 3.05) is 5.32 Å². The molecule has 1 aliphatic heterocycles. The molecule has 1 N–H and O–H groups in total. The molecule has 0 spiro atoms. The standard InChI is InChI=1S/C16H12Br2N2O2S/c17-11-3-1-10(2-4-11)9-20-15(21)14(23-16(20)22)19-13-7-5-12(18)6-8-13/h1-8,14,19H,9H2. The minimum Gasteiger partial charge on any atom is -0.365 e. The van der Waals surface area contributed by atoms with Crippen molar-refractivity contribution < 1.29 is 9.59 Å². The SMILES string of the molecule is O=C1SC(Nc2ccc(Br)cc2)C(=O)N1Cc1ccc(Br)cc1. The zero-order valence-electron chi connectivity index (χ0n) is 11.8. The van der Waals surface area contributed by atoms with Crippen LogP contribution in [0.15, 0.2) is 57.5 Å². The van der Waals surface area contributed by atoms with Gasteiger partial charge in [0.05, 0.1) is 6.54 Å². The Hall–Kier alpha value is -1.31. The number of hydrogen-bond donors (Lipinski definition) is 1. The van der Waals surface area contributed by atoms with E-state index in [1.807, 2.05) is 48.5 Å². The molecular weight excluding hydrogens is 444 g/mol. The second kappa shape index (κ2) is 7.07.